The van der Waals surface area contributed by atoms with Gasteiger partial charge in [0.1, 0.15) is 5.75 Å². The van der Waals surface area contributed by atoms with Crippen molar-refractivity contribution >= 4 is 18.4 Å². The molecule has 0 fully saturated rings. The van der Waals surface area contributed by atoms with E-state index in [1.165, 1.54) is 0 Å². The predicted molar refractivity (Wildman–Crippen MR) is 72.5 cm³/mol. The van der Waals surface area contributed by atoms with E-state index in [1.54, 1.807) is 35.2 Å². The Balaban J connectivity index is 2.25. The van der Waals surface area contributed by atoms with Crippen molar-refractivity contribution in [2.45, 2.75) is 19.8 Å². The van der Waals surface area contributed by atoms with Crippen LogP contribution in [0.4, 0.5) is 0 Å². The van der Waals surface area contributed by atoms with Gasteiger partial charge in [-0.25, -0.2) is 0 Å². The summed E-state index contributed by atoms with van der Waals surface area (Å²) in [6.45, 7) is 2.08. The minimum absolute atomic E-state index is 0.235. The van der Waals surface area contributed by atoms with E-state index in [0.717, 1.165) is 24.2 Å². The van der Waals surface area contributed by atoms with Gasteiger partial charge in [-0.15, -0.1) is 0 Å². The van der Waals surface area contributed by atoms with Crippen LogP contribution in [0, 0.1) is 4.77 Å². The normalized spacial score (nSPS) is 11.2. The van der Waals surface area contributed by atoms with E-state index in [1.807, 2.05) is 0 Å². The summed E-state index contributed by atoms with van der Waals surface area (Å²) in [4.78, 5) is 0. The van der Waals surface area contributed by atoms with Gasteiger partial charge >= 0.3 is 0 Å². The van der Waals surface area contributed by atoms with E-state index >= 15 is 0 Å². The van der Waals surface area contributed by atoms with Crippen LogP contribution in [-0.2, 0) is 6.42 Å². The third kappa shape index (κ3) is 2.84. The molecule has 18 heavy (non-hydrogen) atoms. The monoisotopic (exact) mass is 262 g/mol. The highest BCUT2D eigenvalue weighted by molar-refractivity contribution is 7.71. The maximum atomic E-state index is 9.19. The minimum atomic E-state index is 0.235. The molecule has 0 saturated carbocycles. The van der Waals surface area contributed by atoms with Gasteiger partial charge in [-0.1, -0.05) is 6.92 Å². The minimum Gasteiger partial charge on any atom is -0.508 e. The molecule has 1 aromatic heterocycles. The van der Waals surface area contributed by atoms with E-state index < -0.39 is 0 Å². The highest BCUT2D eigenvalue weighted by Crippen LogP contribution is 2.08. The van der Waals surface area contributed by atoms with E-state index in [2.05, 4.69) is 22.2 Å². The molecular formula is C12H14N4OS. The van der Waals surface area contributed by atoms with Crippen LogP contribution in [0.2, 0.25) is 0 Å². The van der Waals surface area contributed by atoms with Gasteiger partial charge in [-0.3, -0.25) is 5.10 Å². The van der Waals surface area contributed by atoms with E-state index in [0.29, 0.717) is 4.77 Å². The Morgan fingerprint density at radius 2 is 2.17 bits per heavy atom. The van der Waals surface area contributed by atoms with Crippen molar-refractivity contribution in [2.24, 2.45) is 5.10 Å². The number of benzene rings is 1. The van der Waals surface area contributed by atoms with Crippen molar-refractivity contribution in [2.75, 3.05) is 0 Å². The number of aromatic hydroxyl groups is 1. The Labute approximate surface area is 110 Å². The number of hydrogen-bond acceptors (Lipinski definition) is 4. The van der Waals surface area contributed by atoms with Crippen LogP contribution in [0.25, 0.3) is 0 Å². The average Bonchev–Trinajstić information content (AvgIpc) is 2.71. The van der Waals surface area contributed by atoms with Crippen LogP contribution in [0.3, 0.4) is 0 Å². The van der Waals surface area contributed by atoms with Crippen LogP contribution in [0.15, 0.2) is 29.4 Å². The standard InChI is InChI=1S/C12H14N4OS/c1-2-3-11-14-15-12(18)16(11)13-8-9-4-6-10(17)7-5-9/h4-8,17H,2-3H2,1H3,(H,15,18)/b13-8-. The number of aromatic amines is 1. The molecule has 2 rings (SSSR count). The molecule has 0 spiro atoms. The summed E-state index contributed by atoms with van der Waals surface area (Å²) in [7, 11) is 0. The van der Waals surface area contributed by atoms with Crippen LogP contribution < -0.4 is 0 Å². The molecule has 5 nitrogen and oxygen atoms in total. The lowest BCUT2D eigenvalue weighted by Gasteiger charge is -1.98. The van der Waals surface area contributed by atoms with Gasteiger partial charge in [0.05, 0.1) is 6.21 Å². The Morgan fingerprint density at radius 1 is 1.44 bits per heavy atom. The second kappa shape index (κ2) is 5.59. The third-order valence-corrected chi connectivity index (χ3v) is 2.67. The van der Waals surface area contributed by atoms with Crippen molar-refractivity contribution in [3.05, 3.63) is 40.4 Å². The molecule has 1 aromatic carbocycles. The molecule has 0 aliphatic heterocycles. The molecular weight excluding hydrogens is 248 g/mol. The molecule has 0 bridgehead atoms. The van der Waals surface area contributed by atoms with Gasteiger partial charge in [0.15, 0.2) is 5.82 Å². The Bertz CT molecular complexity index is 597. The van der Waals surface area contributed by atoms with Crippen molar-refractivity contribution in [1.82, 2.24) is 14.9 Å². The number of phenolic OH excluding ortho intramolecular Hbond substituents is 1. The maximum Gasteiger partial charge on any atom is 0.216 e. The first kappa shape index (κ1) is 12.5. The summed E-state index contributed by atoms with van der Waals surface area (Å²) in [6, 6.07) is 6.79. The number of aromatic nitrogens is 3. The van der Waals surface area contributed by atoms with Gasteiger partial charge in [0.25, 0.3) is 0 Å². The van der Waals surface area contributed by atoms with Crippen molar-refractivity contribution in [3.63, 3.8) is 0 Å². The number of phenols is 1. The first-order valence-electron chi connectivity index (χ1n) is 5.70. The molecule has 2 N–H and O–H groups in total. The van der Waals surface area contributed by atoms with Crippen molar-refractivity contribution in [1.29, 1.82) is 0 Å². The molecule has 6 heteroatoms. The summed E-state index contributed by atoms with van der Waals surface area (Å²) in [5.41, 5.74) is 0.887. The maximum absolute atomic E-state index is 9.19. The Morgan fingerprint density at radius 3 is 2.83 bits per heavy atom. The summed E-state index contributed by atoms with van der Waals surface area (Å²) in [5, 5.41) is 20.3. The van der Waals surface area contributed by atoms with Crippen LogP contribution >= 0.6 is 12.2 Å². The zero-order valence-electron chi connectivity index (χ0n) is 10.00. The number of nitrogens with zero attached hydrogens (tertiary/aromatic N) is 3. The summed E-state index contributed by atoms with van der Waals surface area (Å²) < 4.78 is 2.10. The van der Waals surface area contributed by atoms with Crippen LogP contribution in [0.5, 0.6) is 5.75 Å². The van der Waals surface area contributed by atoms with Crippen molar-refractivity contribution in [3.8, 4) is 5.75 Å². The highest BCUT2D eigenvalue weighted by atomic mass is 32.1. The summed E-state index contributed by atoms with van der Waals surface area (Å²) in [6.07, 6.45) is 3.48. The Hall–Kier alpha value is -1.95. The molecule has 2 aromatic rings. The Kier molecular flexibility index (Phi) is 3.88. The molecule has 0 saturated heterocycles. The second-order valence-corrected chi connectivity index (χ2v) is 4.23. The zero-order chi connectivity index (χ0) is 13.0. The lowest BCUT2D eigenvalue weighted by atomic mass is 10.2. The number of H-pyrrole nitrogens is 1. The molecule has 1 heterocycles. The molecule has 0 aliphatic carbocycles. The fraction of sp³-hybridized carbons (Fsp3) is 0.250. The first-order chi connectivity index (χ1) is 8.70. The number of rotatable bonds is 4. The number of nitrogens with one attached hydrogen (secondary N) is 1. The van der Waals surface area contributed by atoms with Gasteiger partial charge in [0, 0.05) is 6.42 Å². The lowest BCUT2D eigenvalue weighted by Crippen LogP contribution is -1.98. The van der Waals surface area contributed by atoms with Crippen LogP contribution in [0.1, 0.15) is 24.7 Å². The second-order valence-electron chi connectivity index (χ2n) is 3.84. The van der Waals surface area contributed by atoms with Crippen LogP contribution in [-0.4, -0.2) is 26.2 Å². The summed E-state index contributed by atoms with van der Waals surface area (Å²) >= 11 is 5.11. The quantitative estimate of drug-likeness (QED) is 0.657. The molecule has 0 atom stereocenters. The topological polar surface area (TPSA) is 66.2 Å². The first-order valence-corrected chi connectivity index (χ1v) is 6.11. The van der Waals surface area contributed by atoms with E-state index in [-0.39, 0.29) is 5.75 Å². The predicted octanol–water partition coefficient (Wildman–Crippen LogP) is 2.48. The molecule has 0 amide bonds. The molecule has 0 unspecified atom stereocenters. The lowest BCUT2D eigenvalue weighted by molar-refractivity contribution is 0.475. The van der Waals surface area contributed by atoms with Gasteiger partial charge < -0.3 is 5.11 Å². The highest BCUT2D eigenvalue weighted by Gasteiger charge is 2.02. The molecule has 94 valence electrons. The smallest absolute Gasteiger partial charge is 0.216 e. The van der Waals surface area contributed by atoms with Gasteiger partial charge in [-0.05, 0) is 48.5 Å². The third-order valence-electron chi connectivity index (χ3n) is 2.41. The number of aryl methyl sites for hydroxylation is 1. The van der Waals surface area contributed by atoms with Crippen molar-refractivity contribution < 1.29 is 5.11 Å². The van der Waals surface area contributed by atoms with Gasteiger partial charge in [0.2, 0.25) is 4.77 Å². The average molecular weight is 262 g/mol. The van der Waals surface area contributed by atoms with E-state index in [4.69, 9.17) is 12.2 Å². The fourth-order valence-electron chi connectivity index (χ4n) is 1.51. The zero-order valence-corrected chi connectivity index (χ0v) is 10.8. The fourth-order valence-corrected chi connectivity index (χ4v) is 1.71. The summed E-state index contributed by atoms with van der Waals surface area (Å²) in [5.74, 6) is 1.05. The largest absolute Gasteiger partial charge is 0.508 e. The SMILES string of the molecule is CCCc1n[nH]c(=S)n1/N=C\c1ccc(O)cc1. The molecule has 0 radical (unpaired) electrons. The number of hydrogen-bond donors (Lipinski definition) is 2. The molecule has 0 aliphatic rings. The van der Waals surface area contributed by atoms with E-state index in [9.17, 15) is 5.11 Å². The van der Waals surface area contributed by atoms with Gasteiger partial charge in [-0.2, -0.15) is 14.9 Å².